The Balaban J connectivity index is 1.98. The SMILES string of the molecule is COCCNCc1nccn1Cc1ccccc1Cl. The zero-order valence-electron chi connectivity index (χ0n) is 11.0. The van der Waals surface area contributed by atoms with Gasteiger partial charge in [0.2, 0.25) is 0 Å². The van der Waals surface area contributed by atoms with Crippen LogP contribution in [0, 0.1) is 0 Å². The molecule has 0 aliphatic rings. The summed E-state index contributed by atoms with van der Waals surface area (Å²) in [6.45, 7) is 2.97. The first kappa shape index (κ1) is 14.1. The van der Waals surface area contributed by atoms with Crippen molar-refractivity contribution in [3.05, 3.63) is 53.1 Å². The zero-order valence-corrected chi connectivity index (χ0v) is 11.7. The molecule has 0 radical (unpaired) electrons. The van der Waals surface area contributed by atoms with Gasteiger partial charge in [-0.3, -0.25) is 0 Å². The summed E-state index contributed by atoms with van der Waals surface area (Å²) in [6, 6.07) is 7.87. The molecule has 0 unspecified atom stereocenters. The lowest BCUT2D eigenvalue weighted by Crippen LogP contribution is -2.21. The Morgan fingerprint density at radius 1 is 1.37 bits per heavy atom. The first-order chi connectivity index (χ1) is 9.31. The van der Waals surface area contributed by atoms with Crippen LogP contribution in [-0.2, 0) is 17.8 Å². The van der Waals surface area contributed by atoms with Gasteiger partial charge in [0.05, 0.1) is 19.7 Å². The number of imidazole rings is 1. The Morgan fingerprint density at radius 2 is 2.21 bits per heavy atom. The van der Waals surface area contributed by atoms with Gasteiger partial charge in [0.15, 0.2) is 0 Å². The first-order valence-corrected chi connectivity index (χ1v) is 6.62. The Bertz CT molecular complexity index is 513. The number of benzene rings is 1. The zero-order chi connectivity index (χ0) is 13.5. The lowest BCUT2D eigenvalue weighted by Gasteiger charge is -2.10. The number of ether oxygens (including phenoxy) is 1. The fourth-order valence-electron chi connectivity index (χ4n) is 1.84. The predicted molar refractivity (Wildman–Crippen MR) is 76.4 cm³/mol. The van der Waals surface area contributed by atoms with E-state index in [0.717, 1.165) is 36.0 Å². The number of rotatable bonds is 7. The molecule has 0 spiro atoms. The lowest BCUT2D eigenvalue weighted by atomic mass is 10.2. The van der Waals surface area contributed by atoms with E-state index < -0.39 is 0 Å². The minimum absolute atomic E-state index is 0.700. The van der Waals surface area contributed by atoms with Gasteiger partial charge in [-0.2, -0.15) is 0 Å². The fraction of sp³-hybridized carbons (Fsp3) is 0.357. The molecule has 5 heteroatoms. The summed E-state index contributed by atoms with van der Waals surface area (Å²) in [7, 11) is 1.69. The normalized spacial score (nSPS) is 10.8. The van der Waals surface area contributed by atoms with E-state index in [4.69, 9.17) is 16.3 Å². The maximum atomic E-state index is 6.17. The Morgan fingerprint density at radius 3 is 3.00 bits per heavy atom. The van der Waals surface area contributed by atoms with E-state index in [2.05, 4.69) is 14.9 Å². The summed E-state index contributed by atoms with van der Waals surface area (Å²) in [4.78, 5) is 4.36. The minimum Gasteiger partial charge on any atom is -0.383 e. The molecule has 0 amide bonds. The van der Waals surface area contributed by atoms with E-state index >= 15 is 0 Å². The van der Waals surface area contributed by atoms with E-state index in [9.17, 15) is 0 Å². The summed E-state index contributed by atoms with van der Waals surface area (Å²) < 4.78 is 7.09. The van der Waals surface area contributed by atoms with Gasteiger partial charge in [-0.1, -0.05) is 29.8 Å². The highest BCUT2D eigenvalue weighted by molar-refractivity contribution is 6.31. The maximum Gasteiger partial charge on any atom is 0.122 e. The fourth-order valence-corrected chi connectivity index (χ4v) is 2.03. The van der Waals surface area contributed by atoms with Crippen LogP contribution >= 0.6 is 11.6 Å². The smallest absolute Gasteiger partial charge is 0.122 e. The Hall–Kier alpha value is -1.36. The third kappa shape index (κ3) is 4.06. The number of halogens is 1. The molecular weight excluding hydrogens is 262 g/mol. The van der Waals surface area contributed by atoms with Crippen molar-refractivity contribution in [1.29, 1.82) is 0 Å². The molecule has 1 heterocycles. The van der Waals surface area contributed by atoms with Crippen LogP contribution in [0.2, 0.25) is 5.02 Å². The molecule has 1 N–H and O–H groups in total. The third-order valence-electron chi connectivity index (χ3n) is 2.87. The van der Waals surface area contributed by atoms with Gasteiger partial charge in [-0.25, -0.2) is 4.98 Å². The Kier molecular flexibility index (Phi) is 5.39. The van der Waals surface area contributed by atoms with Crippen molar-refractivity contribution >= 4 is 11.6 Å². The molecule has 0 bridgehead atoms. The van der Waals surface area contributed by atoms with Crippen LogP contribution in [0.15, 0.2) is 36.7 Å². The molecule has 0 atom stereocenters. The molecule has 102 valence electrons. The van der Waals surface area contributed by atoms with E-state index in [1.165, 1.54) is 0 Å². The average Bonchev–Trinajstić information content (AvgIpc) is 2.85. The van der Waals surface area contributed by atoms with Crippen molar-refractivity contribution in [1.82, 2.24) is 14.9 Å². The second kappa shape index (κ2) is 7.28. The van der Waals surface area contributed by atoms with Crippen molar-refractivity contribution in [3.8, 4) is 0 Å². The summed E-state index contributed by atoms with van der Waals surface area (Å²) in [5, 5.41) is 4.07. The van der Waals surface area contributed by atoms with Crippen molar-refractivity contribution in [2.75, 3.05) is 20.3 Å². The third-order valence-corrected chi connectivity index (χ3v) is 3.24. The highest BCUT2D eigenvalue weighted by Crippen LogP contribution is 2.16. The standard InChI is InChI=1S/C14H18ClN3O/c1-19-9-7-16-10-14-17-6-8-18(14)11-12-4-2-3-5-13(12)15/h2-6,8,16H,7,9-11H2,1H3. The molecule has 2 aromatic rings. The van der Waals surface area contributed by atoms with Gasteiger partial charge in [0.25, 0.3) is 0 Å². The number of nitrogens with zero attached hydrogens (tertiary/aromatic N) is 2. The van der Waals surface area contributed by atoms with Crippen LogP contribution in [0.3, 0.4) is 0 Å². The summed E-state index contributed by atoms with van der Waals surface area (Å²) in [6.07, 6.45) is 3.78. The quantitative estimate of drug-likeness (QED) is 0.791. The van der Waals surface area contributed by atoms with Crippen LogP contribution in [0.4, 0.5) is 0 Å². The molecule has 0 saturated heterocycles. The van der Waals surface area contributed by atoms with Gasteiger partial charge >= 0.3 is 0 Å². The van der Waals surface area contributed by atoms with E-state index in [-0.39, 0.29) is 0 Å². The van der Waals surface area contributed by atoms with Gasteiger partial charge < -0.3 is 14.6 Å². The number of methoxy groups -OCH3 is 1. The monoisotopic (exact) mass is 279 g/mol. The van der Waals surface area contributed by atoms with E-state index in [1.54, 1.807) is 7.11 Å². The number of nitrogens with one attached hydrogen (secondary N) is 1. The number of aromatic nitrogens is 2. The maximum absolute atomic E-state index is 6.17. The van der Waals surface area contributed by atoms with Gasteiger partial charge in [0.1, 0.15) is 5.82 Å². The summed E-state index contributed by atoms with van der Waals surface area (Å²) >= 11 is 6.17. The molecule has 1 aromatic carbocycles. The first-order valence-electron chi connectivity index (χ1n) is 6.24. The Labute approximate surface area is 118 Å². The summed E-state index contributed by atoms with van der Waals surface area (Å²) in [5.41, 5.74) is 1.10. The number of hydrogen-bond acceptors (Lipinski definition) is 3. The molecular formula is C14H18ClN3O. The highest BCUT2D eigenvalue weighted by Gasteiger charge is 2.05. The van der Waals surface area contributed by atoms with Crippen LogP contribution in [0.25, 0.3) is 0 Å². The van der Waals surface area contributed by atoms with Crippen molar-refractivity contribution in [2.45, 2.75) is 13.1 Å². The minimum atomic E-state index is 0.700. The van der Waals surface area contributed by atoms with Crippen LogP contribution < -0.4 is 5.32 Å². The van der Waals surface area contributed by atoms with Crippen LogP contribution in [-0.4, -0.2) is 29.8 Å². The topological polar surface area (TPSA) is 39.1 Å². The largest absolute Gasteiger partial charge is 0.383 e. The van der Waals surface area contributed by atoms with Gasteiger partial charge in [-0.15, -0.1) is 0 Å². The van der Waals surface area contributed by atoms with E-state index in [1.807, 2.05) is 36.7 Å². The second-order valence-electron chi connectivity index (χ2n) is 4.23. The molecule has 0 aliphatic carbocycles. The number of hydrogen-bond donors (Lipinski definition) is 1. The van der Waals surface area contributed by atoms with Gasteiger partial charge in [0, 0.05) is 31.1 Å². The summed E-state index contributed by atoms with van der Waals surface area (Å²) in [5.74, 6) is 0.996. The highest BCUT2D eigenvalue weighted by atomic mass is 35.5. The van der Waals surface area contributed by atoms with Crippen LogP contribution in [0.5, 0.6) is 0 Å². The van der Waals surface area contributed by atoms with Gasteiger partial charge in [-0.05, 0) is 11.6 Å². The molecule has 0 saturated carbocycles. The van der Waals surface area contributed by atoms with Crippen molar-refractivity contribution in [3.63, 3.8) is 0 Å². The molecule has 1 aromatic heterocycles. The van der Waals surface area contributed by atoms with Crippen LogP contribution in [0.1, 0.15) is 11.4 Å². The molecule has 4 nitrogen and oxygen atoms in total. The second-order valence-corrected chi connectivity index (χ2v) is 4.64. The van der Waals surface area contributed by atoms with Crippen molar-refractivity contribution < 1.29 is 4.74 Å². The van der Waals surface area contributed by atoms with E-state index in [0.29, 0.717) is 6.61 Å². The molecule has 2 rings (SSSR count). The average molecular weight is 280 g/mol. The molecule has 19 heavy (non-hydrogen) atoms. The molecule has 0 fully saturated rings. The lowest BCUT2D eigenvalue weighted by molar-refractivity contribution is 0.199. The molecule has 0 aliphatic heterocycles. The predicted octanol–water partition coefficient (Wildman–Crippen LogP) is 2.32. The van der Waals surface area contributed by atoms with Crippen molar-refractivity contribution in [2.24, 2.45) is 0 Å².